The molecular weight excluding hydrogens is 272 g/mol. The van der Waals surface area contributed by atoms with E-state index in [4.69, 9.17) is 22.7 Å². The second kappa shape index (κ2) is 7.36. The van der Waals surface area contributed by atoms with Crippen LogP contribution < -0.4 is 11.1 Å². The predicted octanol–water partition coefficient (Wildman–Crippen LogP) is 2.54. The van der Waals surface area contributed by atoms with Crippen LogP contribution in [0.15, 0.2) is 0 Å². The van der Waals surface area contributed by atoms with Crippen LogP contribution >= 0.6 is 12.2 Å². The SMILES string of the molecule is CCCC(CCC)(C(=O)NC1(C)CCCOC1)C(N)=S. The van der Waals surface area contributed by atoms with Crippen LogP contribution in [0.1, 0.15) is 59.3 Å². The topological polar surface area (TPSA) is 64.3 Å². The fourth-order valence-electron chi connectivity index (χ4n) is 2.99. The molecule has 4 nitrogen and oxygen atoms in total. The van der Waals surface area contributed by atoms with E-state index in [0.717, 1.165) is 32.3 Å². The van der Waals surface area contributed by atoms with Gasteiger partial charge in [0.1, 0.15) is 0 Å². The van der Waals surface area contributed by atoms with Gasteiger partial charge >= 0.3 is 0 Å². The lowest BCUT2D eigenvalue weighted by Gasteiger charge is -2.39. The maximum Gasteiger partial charge on any atom is 0.233 e. The van der Waals surface area contributed by atoms with Crippen molar-refractivity contribution in [2.45, 2.75) is 64.8 Å². The molecule has 0 aromatic carbocycles. The third-order valence-corrected chi connectivity index (χ3v) is 4.50. The van der Waals surface area contributed by atoms with E-state index in [-0.39, 0.29) is 11.4 Å². The monoisotopic (exact) mass is 300 g/mol. The largest absolute Gasteiger partial charge is 0.392 e. The molecule has 1 heterocycles. The van der Waals surface area contributed by atoms with Crippen molar-refractivity contribution in [1.29, 1.82) is 0 Å². The third-order valence-electron chi connectivity index (χ3n) is 4.11. The Morgan fingerprint density at radius 1 is 1.40 bits per heavy atom. The van der Waals surface area contributed by atoms with E-state index >= 15 is 0 Å². The summed E-state index contributed by atoms with van der Waals surface area (Å²) in [4.78, 5) is 13.1. The number of hydrogen-bond donors (Lipinski definition) is 2. The first-order chi connectivity index (χ1) is 9.40. The van der Waals surface area contributed by atoms with Gasteiger partial charge in [-0.05, 0) is 32.6 Å². The summed E-state index contributed by atoms with van der Waals surface area (Å²) in [6.45, 7) is 7.48. The van der Waals surface area contributed by atoms with E-state index in [9.17, 15) is 4.79 Å². The zero-order chi connectivity index (χ0) is 15.2. The van der Waals surface area contributed by atoms with Crippen molar-refractivity contribution in [2.75, 3.05) is 13.2 Å². The summed E-state index contributed by atoms with van der Waals surface area (Å²) in [6.07, 6.45) is 5.09. The number of thiocarbonyl (C=S) groups is 1. The highest BCUT2D eigenvalue weighted by atomic mass is 32.1. The third kappa shape index (κ3) is 3.92. The first-order valence-electron chi connectivity index (χ1n) is 7.60. The second-order valence-corrected chi connectivity index (χ2v) is 6.56. The van der Waals surface area contributed by atoms with Crippen LogP contribution in [0.25, 0.3) is 0 Å². The highest BCUT2D eigenvalue weighted by Gasteiger charge is 2.43. The van der Waals surface area contributed by atoms with Gasteiger partial charge in [-0.1, -0.05) is 38.9 Å². The summed E-state index contributed by atoms with van der Waals surface area (Å²) in [7, 11) is 0. The Morgan fingerprint density at radius 2 is 2.00 bits per heavy atom. The summed E-state index contributed by atoms with van der Waals surface area (Å²) >= 11 is 5.23. The predicted molar refractivity (Wildman–Crippen MR) is 85.6 cm³/mol. The van der Waals surface area contributed by atoms with Gasteiger partial charge in [-0.2, -0.15) is 0 Å². The summed E-state index contributed by atoms with van der Waals surface area (Å²) in [5, 5.41) is 3.16. The summed E-state index contributed by atoms with van der Waals surface area (Å²) in [6, 6.07) is 0. The maximum atomic E-state index is 12.8. The zero-order valence-corrected chi connectivity index (χ0v) is 13.8. The van der Waals surface area contributed by atoms with Crippen LogP contribution in [0.5, 0.6) is 0 Å². The minimum Gasteiger partial charge on any atom is -0.392 e. The average Bonchev–Trinajstić information content (AvgIpc) is 2.38. The quantitative estimate of drug-likeness (QED) is 0.709. The smallest absolute Gasteiger partial charge is 0.233 e. The van der Waals surface area contributed by atoms with Crippen molar-refractivity contribution in [1.82, 2.24) is 5.32 Å². The maximum absolute atomic E-state index is 12.8. The second-order valence-electron chi connectivity index (χ2n) is 6.12. The van der Waals surface area contributed by atoms with E-state index in [1.54, 1.807) is 0 Å². The lowest BCUT2D eigenvalue weighted by atomic mass is 9.77. The lowest BCUT2D eigenvalue weighted by molar-refractivity contribution is -0.131. The Balaban J connectivity index is 2.89. The molecule has 0 saturated carbocycles. The molecule has 1 saturated heterocycles. The van der Waals surface area contributed by atoms with Gasteiger partial charge in [-0.25, -0.2) is 0 Å². The van der Waals surface area contributed by atoms with Gasteiger partial charge in [0.2, 0.25) is 5.91 Å². The normalized spacial score (nSPS) is 23.4. The van der Waals surface area contributed by atoms with Crippen molar-refractivity contribution in [3.8, 4) is 0 Å². The molecule has 3 N–H and O–H groups in total. The number of hydrogen-bond acceptors (Lipinski definition) is 3. The molecule has 116 valence electrons. The van der Waals surface area contributed by atoms with E-state index in [2.05, 4.69) is 19.2 Å². The number of nitrogens with one attached hydrogen (secondary N) is 1. The van der Waals surface area contributed by atoms with Gasteiger partial charge in [0.05, 0.1) is 22.5 Å². The number of carbonyl (C=O) groups excluding carboxylic acids is 1. The number of amides is 1. The lowest BCUT2D eigenvalue weighted by Crippen LogP contribution is -2.58. The van der Waals surface area contributed by atoms with Gasteiger partial charge in [0.25, 0.3) is 0 Å². The number of nitrogens with two attached hydrogens (primary N) is 1. The van der Waals surface area contributed by atoms with Crippen LogP contribution in [0, 0.1) is 5.41 Å². The molecule has 5 heteroatoms. The van der Waals surface area contributed by atoms with E-state index in [0.29, 0.717) is 24.4 Å². The molecule has 1 aliphatic heterocycles. The molecule has 1 rings (SSSR count). The minimum absolute atomic E-state index is 0.0262. The Morgan fingerprint density at radius 3 is 2.40 bits per heavy atom. The molecule has 1 amide bonds. The van der Waals surface area contributed by atoms with Gasteiger partial charge in [-0.15, -0.1) is 0 Å². The Hall–Kier alpha value is -0.680. The van der Waals surface area contributed by atoms with Crippen LogP contribution in [0.2, 0.25) is 0 Å². The highest BCUT2D eigenvalue weighted by molar-refractivity contribution is 7.80. The molecule has 0 bridgehead atoms. The standard InChI is InChI=1S/C15H28N2O2S/c1-4-7-15(8-5-2,12(16)20)13(18)17-14(3)9-6-10-19-11-14/h4-11H2,1-3H3,(H2,16,20)(H,17,18). The molecule has 1 atom stereocenters. The molecule has 0 radical (unpaired) electrons. The van der Waals surface area contributed by atoms with Crippen molar-refractivity contribution >= 4 is 23.1 Å². The minimum atomic E-state index is -0.709. The van der Waals surface area contributed by atoms with E-state index in [1.807, 2.05) is 6.92 Å². The molecule has 0 aromatic rings. The summed E-state index contributed by atoms with van der Waals surface area (Å²) in [5.41, 5.74) is 4.92. The van der Waals surface area contributed by atoms with Crippen molar-refractivity contribution < 1.29 is 9.53 Å². The molecule has 1 aliphatic rings. The molecule has 1 unspecified atom stereocenters. The molecular formula is C15H28N2O2S. The van der Waals surface area contributed by atoms with E-state index in [1.165, 1.54) is 0 Å². The highest BCUT2D eigenvalue weighted by Crippen LogP contribution is 2.32. The molecule has 0 aromatic heterocycles. The molecule has 0 aliphatic carbocycles. The van der Waals surface area contributed by atoms with Gasteiger partial charge < -0.3 is 15.8 Å². The fourth-order valence-corrected chi connectivity index (χ4v) is 3.29. The Labute approximate surface area is 127 Å². The van der Waals surface area contributed by atoms with Gasteiger partial charge in [-0.3, -0.25) is 4.79 Å². The summed E-state index contributed by atoms with van der Waals surface area (Å²) in [5.74, 6) is -0.0262. The average molecular weight is 300 g/mol. The van der Waals surface area contributed by atoms with E-state index < -0.39 is 5.41 Å². The molecule has 0 spiro atoms. The Kier molecular flexibility index (Phi) is 6.40. The van der Waals surface area contributed by atoms with Crippen molar-refractivity contribution in [3.63, 3.8) is 0 Å². The van der Waals surface area contributed by atoms with Crippen molar-refractivity contribution in [2.24, 2.45) is 11.1 Å². The first kappa shape index (κ1) is 17.4. The molecule has 1 fully saturated rings. The van der Waals surface area contributed by atoms with Crippen LogP contribution in [-0.4, -0.2) is 29.6 Å². The number of ether oxygens (including phenoxy) is 1. The van der Waals surface area contributed by atoms with Crippen molar-refractivity contribution in [3.05, 3.63) is 0 Å². The van der Waals surface area contributed by atoms with Crippen LogP contribution in [0.3, 0.4) is 0 Å². The first-order valence-corrected chi connectivity index (χ1v) is 8.01. The number of rotatable bonds is 7. The number of carbonyl (C=O) groups is 1. The van der Waals surface area contributed by atoms with Crippen LogP contribution in [-0.2, 0) is 9.53 Å². The van der Waals surface area contributed by atoms with Gasteiger partial charge in [0, 0.05) is 6.61 Å². The molecule has 20 heavy (non-hydrogen) atoms. The van der Waals surface area contributed by atoms with Gasteiger partial charge in [0.15, 0.2) is 0 Å². The van der Waals surface area contributed by atoms with Crippen LogP contribution in [0.4, 0.5) is 0 Å². The summed E-state index contributed by atoms with van der Waals surface area (Å²) < 4.78 is 5.50. The fraction of sp³-hybridized carbons (Fsp3) is 0.867. The Bertz CT molecular complexity index is 346. The zero-order valence-electron chi connectivity index (χ0n) is 13.0.